The van der Waals surface area contributed by atoms with Crippen LogP contribution in [0.4, 0.5) is 0 Å². The van der Waals surface area contributed by atoms with Gasteiger partial charge in [-0.05, 0) is 78.3 Å². The van der Waals surface area contributed by atoms with Gasteiger partial charge in [-0.2, -0.15) is 0 Å². The van der Waals surface area contributed by atoms with Gasteiger partial charge in [0.05, 0.1) is 6.10 Å². The number of hydrogen-bond donors (Lipinski definition) is 2. The van der Waals surface area contributed by atoms with Crippen LogP contribution in [0.5, 0.6) is 0 Å². The predicted molar refractivity (Wildman–Crippen MR) is 102 cm³/mol. The summed E-state index contributed by atoms with van der Waals surface area (Å²) < 4.78 is 0. The van der Waals surface area contributed by atoms with Gasteiger partial charge in [-0.15, -0.1) is 0 Å². The van der Waals surface area contributed by atoms with Crippen LogP contribution in [0.3, 0.4) is 0 Å². The van der Waals surface area contributed by atoms with Crippen molar-refractivity contribution in [3.63, 3.8) is 0 Å². The maximum atomic E-state index is 12.0. The molecular weight excluding hydrogens is 396 g/mol. The molecule has 0 aromatic rings. The molecule has 144 valence electrons. The third-order valence-electron chi connectivity index (χ3n) is 8.47. The highest BCUT2D eigenvalue weighted by molar-refractivity contribution is 9.09. The zero-order valence-electron chi connectivity index (χ0n) is 15.6. The number of alkyl halides is 1. The minimum atomic E-state index is -0.755. The van der Waals surface area contributed by atoms with Crippen molar-refractivity contribution in [1.29, 1.82) is 0 Å². The van der Waals surface area contributed by atoms with E-state index in [1.165, 1.54) is 5.57 Å². The molecule has 26 heavy (non-hydrogen) atoms. The lowest BCUT2D eigenvalue weighted by molar-refractivity contribution is -0.140. The Morgan fingerprint density at radius 1 is 1.31 bits per heavy atom. The molecule has 0 aromatic heterocycles. The van der Waals surface area contributed by atoms with Gasteiger partial charge in [0.25, 0.3) is 0 Å². The van der Waals surface area contributed by atoms with E-state index in [0.29, 0.717) is 24.7 Å². The smallest absolute Gasteiger partial charge is 0.303 e. The van der Waals surface area contributed by atoms with Gasteiger partial charge in [-0.3, -0.25) is 9.59 Å². The van der Waals surface area contributed by atoms with Gasteiger partial charge in [0.15, 0.2) is 5.78 Å². The molecule has 0 saturated heterocycles. The van der Waals surface area contributed by atoms with Crippen LogP contribution >= 0.6 is 15.9 Å². The summed E-state index contributed by atoms with van der Waals surface area (Å²) in [7, 11) is 0. The fourth-order valence-electron chi connectivity index (χ4n) is 7.25. The third-order valence-corrected chi connectivity index (χ3v) is 9.33. The minimum Gasteiger partial charge on any atom is -0.481 e. The first-order valence-corrected chi connectivity index (χ1v) is 10.9. The number of hydrogen-bond acceptors (Lipinski definition) is 3. The van der Waals surface area contributed by atoms with Crippen LogP contribution in [0.2, 0.25) is 0 Å². The maximum absolute atomic E-state index is 12.0. The van der Waals surface area contributed by atoms with Crippen LogP contribution in [0, 0.1) is 34.5 Å². The van der Waals surface area contributed by atoms with Crippen LogP contribution < -0.4 is 0 Å². The second-order valence-corrected chi connectivity index (χ2v) is 10.7. The SMILES string of the molecule is C[C@]12CC[C@H]3[C@@H](CC(Br)C4=CC(=O)CC[C@@]43C)[C@@H]1C(CC(=O)O)C[C@@H]2O. The summed E-state index contributed by atoms with van der Waals surface area (Å²) in [5.41, 5.74) is 1.11. The molecule has 4 aliphatic rings. The van der Waals surface area contributed by atoms with Gasteiger partial charge in [-0.25, -0.2) is 0 Å². The van der Waals surface area contributed by atoms with Crippen molar-refractivity contribution in [2.45, 2.75) is 69.7 Å². The normalized spacial score (nSPS) is 50.5. The van der Waals surface area contributed by atoms with Crippen molar-refractivity contribution >= 4 is 27.7 Å². The lowest BCUT2D eigenvalue weighted by atomic mass is 9.46. The van der Waals surface area contributed by atoms with Crippen LogP contribution in [-0.2, 0) is 9.59 Å². The van der Waals surface area contributed by atoms with E-state index >= 15 is 0 Å². The third kappa shape index (κ3) is 2.56. The average molecular weight is 425 g/mol. The number of carboxylic acid groups (broad SMARTS) is 1. The Morgan fingerprint density at radius 3 is 2.73 bits per heavy atom. The molecule has 0 spiro atoms. The Kier molecular flexibility index (Phi) is 4.43. The molecule has 4 rings (SSSR count). The van der Waals surface area contributed by atoms with Crippen molar-refractivity contribution in [3.05, 3.63) is 11.6 Å². The number of carbonyl (C=O) groups is 2. The number of fused-ring (bicyclic) bond motifs is 5. The summed E-state index contributed by atoms with van der Waals surface area (Å²) in [4.78, 5) is 23.7. The number of ketones is 1. The van der Waals surface area contributed by atoms with Gasteiger partial charge in [0.2, 0.25) is 0 Å². The minimum absolute atomic E-state index is 0.0215. The van der Waals surface area contributed by atoms with Crippen molar-refractivity contribution in [1.82, 2.24) is 0 Å². The summed E-state index contributed by atoms with van der Waals surface area (Å²) in [5.74, 6) is 0.684. The van der Waals surface area contributed by atoms with E-state index in [2.05, 4.69) is 29.8 Å². The fraction of sp³-hybridized carbons (Fsp3) is 0.810. The van der Waals surface area contributed by atoms with Crippen LogP contribution in [0.1, 0.15) is 58.8 Å². The zero-order chi connectivity index (χ0) is 18.9. The highest BCUT2D eigenvalue weighted by atomic mass is 79.9. The van der Waals surface area contributed by atoms with Gasteiger partial charge < -0.3 is 10.2 Å². The van der Waals surface area contributed by atoms with E-state index < -0.39 is 12.1 Å². The molecule has 2 unspecified atom stereocenters. The summed E-state index contributed by atoms with van der Waals surface area (Å²) in [6.45, 7) is 4.50. The number of halogens is 1. The Labute approximate surface area is 163 Å². The van der Waals surface area contributed by atoms with Gasteiger partial charge >= 0.3 is 5.97 Å². The topological polar surface area (TPSA) is 74.6 Å². The zero-order valence-corrected chi connectivity index (χ0v) is 17.2. The summed E-state index contributed by atoms with van der Waals surface area (Å²) in [6, 6.07) is 0. The molecule has 3 fully saturated rings. The fourth-order valence-corrected chi connectivity index (χ4v) is 8.34. The molecule has 4 aliphatic carbocycles. The molecule has 0 amide bonds. The largest absolute Gasteiger partial charge is 0.481 e. The Hall–Kier alpha value is -0.680. The molecule has 2 N–H and O–H groups in total. The molecule has 0 bridgehead atoms. The van der Waals surface area contributed by atoms with E-state index in [1.807, 2.05) is 6.08 Å². The Morgan fingerprint density at radius 2 is 2.04 bits per heavy atom. The van der Waals surface area contributed by atoms with E-state index in [0.717, 1.165) is 25.7 Å². The maximum Gasteiger partial charge on any atom is 0.303 e. The highest BCUT2D eigenvalue weighted by Gasteiger charge is 2.62. The number of rotatable bonds is 2. The van der Waals surface area contributed by atoms with Crippen LogP contribution in [-0.4, -0.2) is 32.9 Å². The molecule has 5 heteroatoms. The van der Waals surface area contributed by atoms with Gasteiger partial charge in [0, 0.05) is 17.7 Å². The first kappa shape index (κ1) is 18.7. The predicted octanol–water partition coefficient (Wildman–Crippen LogP) is 3.95. The molecule has 0 aromatic carbocycles. The standard InChI is InChI=1S/C21H29BrO4/c1-20-5-3-12(23)9-15(20)16(22)10-13-14(20)4-6-21(2)17(24)7-11(19(13)21)8-18(25)26/h9,11,13-14,16-17,19,24H,3-8,10H2,1-2H3,(H,25,26)/t11?,13-,14+,16?,17+,19+,20-,21-/m1/s1. The highest BCUT2D eigenvalue weighted by Crippen LogP contribution is 2.67. The second-order valence-electron chi connectivity index (χ2n) is 9.64. The number of aliphatic carboxylic acids is 1. The van der Waals surface area contributed by atoms with Gasteiger partial charge in [-0.1, -0.05) is 29.8 Å². The molecule has 4 nitrogen and oxygen atoms in total. The number of aliphatic hydroxyl groups excluding tert-OH is 1. The first-order valence-electron chi connectivity index (χ1n) is 9.95. The monoisotopic (exact) mass is 424 g/mol. The van der Waals surface area contributed by atoms with Crippen molar-refractivity contribution < 1.29 is 19.8 Å². The van der Waals surface area contributed by atoms with Crippen LogP contribution in [0.15, 0.2) is 11.6 Å². The van der Waals surface area contributed by atoms with E-state index in [4.69, 9.17) is 0 Å². The Bertz CT molecular complexity index is 673. The number of carboxylic acids is 1. The van der Waals surface area contributed by atoms with Crippen molar-refractivity contribution in [2.75, 3.05) is 0 Å². The summed E-state index contributed by atoms with van der Waals surface area (Å²) >= 11 is 3.86. The van der Waals surface area contributed by atoms with E-state index in [1.54, 1.807) is 0 Å². The Balaban J connectivity index is 1.73. The molecular formula is C21H29BrO4. The number of allylic oxidation sites excluding steroid dienone is 1. The molecule has 0 radical (unpaired) electrons. The lowest BCUT2D eigenvalue weighted by Crippen LogP contribution is -2.54. The second kappa shape index (κ2) is 6.16. The van der Waals surface area contributed by atoms with Crippen molar-refractivity contribution in [2.24, 2.45) is 34.5 Å². The van der Waals surface area contributed by atoms with E-state index in [-0.39, 0.29) is 39.7 Å². The quantitative estimate of drug-likeness (QED) is 0.657. The lowest BCUT2D eigenvalue weighted by Gasteiger charge is -2.59. The average Bonchev–Trinajstić information content (AvgIpc) is 2.79. The first-order chi connectivity index (χ1) is 12.2. The van der Waals surface area contributed by atoms with Crippen LogP contribution in [0.25, 0.3) is 0 Å². The number of aliphatic hydroxyl groups is 1. The number of carbonyl (C=O) groups excluding carboxylic acids is 1. The molecule has 0 heterocycles. The van der Waals surface area contributed by atoms with E-state index in [9.17, 15) is 19.8 Å². The summed E-state index contributed by atoms with van der Waals surface area (Å²) in [5, 5.41) is 20.2. The van der Waals surface area contributed by atoms with Gasteiger partial charge in [0.1, 0.15) is 0 Å². The summed E-state index contributed by atoms with van der Waals surface area (Å²) in [6.07, 6.45) is 6.74. The van der Waals surface area contributed by atoms with Crippen molar-refractivity contribution in [3.8, 4) is 0 Å². The molecule has 8 atom stereocenters. The molecule has 0 aliphatic heterocycles. The molecule has 3 saturated carbocycles.